The Bertz CT molecular complexity index is 458. The van der Waals surface area contributed by atoms with E-state index in [0.717, 1.165) is 12.8 Å². The first-order valence-electron chi connectivity index (χ1n) is 7.16. The third-order valence-corrected chi connectivity index (χ3v) is 3.66. The number of halogens is 1. The van der Waals surface area contributed by atoms with Gasteiger partial charge in [-0.3, -0.25) is 4.99 Å². The summed E-state index contributed by atoms with van der Waals surface area (Å²) in [5.41, 5.74) is 6.05. The van der Waals surface area contributed by atoms with Crippen LogP contribution in [-0.4, -0.2) is 23.7 Å². The minimum Gasteiger partial charge on any atom is -0.386 e. The average Bonchev–Trinajstić information content (AvgIpc) is 2.46. The van der Waals surface area contributed by atoms with Crippen molar-refractivity contribution >= 4 is 5.96 Å². The zero-order valence-corrected chi connectivity index (χ0v) is 11.6. The molecule has 4 N–H and O–H groups in total. The lowest BCUT2D eigenvalue weighted by Crippen LogP contribution is -2.41. The minimum absolute atomic E-state index is 0.0620. The molecule has 1 fully saturated rings. The molecule has 1 aliphatic rings. The molecule has 4 nitrogen and oxygen atoms in total. The molecule has 1 aromatic rings. The fourth-order valence-electron chi connectivity index (χ4n) is 2.53. The summed E-state index contributed by atoms with van der Waals surface area (Å²) in [4.78, 5) is 4.10. The Kier molecular flexibility index (Phi) is 5.35. The number of aliphatic imine (C=N–C) groups is 1. The quantitative estimate of drug-likeness (QED) is 0.584. The molecule has 1 unspecified atom stereocenters. The first-order chi connectivity index (χ1) is 9.66. The smallest absolute Gasteiger partial charge is 0.188 e. The normalized spacial score (nSPS) is 18.8. The van der Waals surface area contributed by atoms with E-state index >= 15 is 0 Å². The number of aliphatic hydroxyl groups is 1. The third kappa shape index (κ3) is 4.20. The van der Waals surface area contributed by atoms with Gasteiger partial charge < -0.3 is 16.2 Å². The molecule has 0 aliphatic heterocycles. The van der Waals surface area contributed by atoms with Crippen molar-refractivity contribution in [3.05, 3.63) is 35.6 Å². The molecule has 0 amide bonds. The van der Waals surface area contributed by atoms with Gasteiger partial charge in [-0.05, 0) is 18.9 Å². The lowest BCUT2D eigenvalue weighted by molar-refractivity contribution is 0.182. The summed E-state index contributed by atoms with van der Waals surface area (Å²) in [6.07, 6.45) is 4.94. The van der Waals surface area contributed by atoms with Gasteiger partial charge in [0.25, 0.3) is 0 Å². The molecule has 1 aliphatic carbocycles. The van der Waals surface area contributed by atoms with Crippen molar-refractivity contribution in [3.63, 3.8) is 0 Å². The summed E-state index contributed by atoms with van der Waals surface area (Å²) in [6, 6.07) is 6.53. The number of aliphatic hydroxyl groups excluding tert-OH is 1. The molecule has 110 valence electrons. The molecule has 0 radical (unpaired) electrons. The van der Waals surface area contributed by atoms with Crippen LogP contribution in [-0.2, 0) is 0 Å². The van der Waals surface area contributed by atoms with Crippen molar-refractivity contribution < 1.29 is 9.50 Å². The van der Waals surface area contributed by atoms with Crippen LogP contribution in [0.15, 0.2) is 29.3 Å². The maximum Gasteiger partial charge on any atom is 0.188 e. The molecule has 0 saturated heterocycles. The van der Waals surface area contributed by atoms with Gasteiger partial charge in [-0.25, -0.2) is 4.39 Å². The molecule has 2 rings (SSSR count). The van der Waals surface area contributed by atoms with E-state index in [4.69, 9.17) is 5.73 Å². The highest BCUT2D eigenvalue weighted by Gasteiger charge is 2.14. The highest BCUT2D eigenvalue weighted by atomic mass is 19.1. The molecule has 0 aromatic heterocycles. The Labute approximate surface area is 118 Å². The molecule has 0 spiro atoms. The monoisotopic (exact) mass is 279 g/mol. The lowest BCUT2D eigenvalue weighted by Gasteiger charge is -2.23. The standard InChI is InChI=1S/C15H22FN3O/c16-13-9-5-4-8-12(13)14(20)10-18-15(17)19-11-6-2-1-3-7-11/h4-5,8-9,11,14,20H,1-3,6-7,10H2,(H3,17,18,19). The number of benzene rings is 1. The highest BCUT2D eigenvalue weighted by Crippen LogP contribution is 2.18. The predicted molar refractivity (Wildman–Crippen MR) is 77.9 cm³/mol. The molecule has 0 heterocycles. The fraction of sp³-hybridized carbons (Fsp3) is 0.533. The van der Waals surface area contributed by atoms with Crippen molar-refractivity contribution in [1.29, 1.82) is 0 Å². The summed E-state index contributed by atoms with van der Waals surface area (Å²) in [6.45, 7) is 0.0620. The van der Waals surface area contributed by atoms with E-state index in [-0.39, 0.29) is 12.1 Å². The van der Waals surface area contributed by atoms with Crippen LogP contribution in [0, 0.1) is 5.82 Å². The fourth-order valence-corrected chi connectivity index (χ4v) is 2.53. The Morgan fingerprint density at radius 3 is 2.75 bits per heavy atom. The molecule has 20 heavy (non-hydrogen) atoms. The largest absolute Gasteiger partial charge is 0.386 e. The van der Waals surface area contributed by atoms with Crippen molar-refractivity contribution in [2.75, 3.05) is 6.54 Å². The zero-order chi connectivity index (χ0) is 14.4. The molecule has 1 saturated carbocycles. The van der Waals surface area contributed by atoms with E-state index in [1.165, 1.54) is 25.3 Å². The molecule has 5 heteroatoms. The van der Waals surface area contributed by atoms with Crippen LogP contribution in [0.25, 0.3) is 0 Å². The SMILES string of the molecule is NC(=NCC(O)c1ccccc1F)NC1CCCCC1. The number of hydrogen-bond donors (Lipinski definition) is 3. The number of nitrogens with one attached hydrogen (secondary N) is 1. The Morgan fingerprint density at radius 2 is 2.05 bits per heavy atom. The summed E-state index contributed by atoms with van der Waals surface area (Å²) < 4.78 is 13.5. The van der Waals surface area contributed by atoms with Crippen LogP contribution in [0.5, 0.6) is 0 Å². The Morgan fingerprint density at radius 1 is 1.35 bits per heavy atom. The first kappa shape index (κ1) is 14.8. The maximum absolute atomic E-state index is 13.5. The van der Waals surface area contributed by atoms with Gasteiger partial charge in [-0.2, -0.15) is 0 Å². The van der Waals surface area contributed by atoms with Crippen molar-refractivity contribution in [1.82, 2.24) is 5.32 Å². The van der Waals surface area contributed by atoms with Crippen molar-refractivity contribution in [2.24, 2.45) is 10.7 Å². The molecular formula is C15H22FN3O. The van der Waals surface area contributed by atoms with E-state index in [2.05, 4.69) is 10.3 Å². The van der Waals surface area contributed by atoms with Gasteiger partial charge >= 0.3 is 0 Å². The van der Waals surface area contributed by atoms with Crippen LogP contribution in [0.2, 0.25) is 0 Å². The molecule has 0 bridgehead atoms. The number of hydrogen-bond acceptors (Lipinski definition) is 2. The van der Waals surface area contributed by atoms with E-state index in [0.29, 0.717) is 12.0 Å². The number of nitrogens with zero attached hydrogens (tertiary/aromatic N) is 1. The second-order valence-corrected chi connectivity index (χ2v) is 5.24. The first-order valence-corrected chi connectivity index (χ1v) is 7.16. The molecular weight excluding hydrogens is 257 g/mol. The second-order valence-electron chi connectivity index (χ2n) is 5.24. The van der Waals surface area contributed by atoms with Crippen LogP contribution >= 0.6 is 0 Å². The maximum atomic E-state index is 13.5. The molecule has 1 aromatic carbocycles. The zero-order valence-electron chi connectivity index (χ0n) is 11.6. The van der Waals surface area contributed by atoms with Gasteiger partial charge in [0, 0.05) is 11.6 Å². The van der Waals surface area contributed by atoms with Gasteiger partial charge in [-0.1, -0.05) is 37.5 Å². The second kappa shape index (κ2) is 7.24. The minimum atomic E-state index is -0.970. The van der Waals surface area contributed by atoms with Gasteiger partial charge in [0.1, 0.15) is 11.9 Å². The highest BCUT2D eigenvalue weighted by molar-refractivity contribution is 5.78. The van der Waals surface area contributed by atoms with Crippen LogP contribution in [0.4, 0.5) is 4.39 Å². The van der Waals surface area contributed by atoms with Gasteiger partial charge in [0.2, 0.25) is 0 Å². The summed E-state index contributed by atoms with van der Waals surface area (Å²) in [5.74, 6) is -0.0960. The van der Waals surface area contributed by atoms with E-state index < -0.39 is 11.9 Å². The van der Waals surface area contributed by atoms with E-state index in [1.807, 2.05) is 0 Å². The van der Waals surface area contributed by atoms with Crippen LogP contribution in [0.3, 0.4) is 0 Å². The van der Waals surface area contributed by atoms with Crippen LogP contribution < -0.4 is 11.1 Å². The summed E-state index contributed by atoms with van der Waals surface area (Å²) in [7, 11) is 0. The third-order valence-electron chi connectivity index (χ3n) is 3.66. The average molecular weight is 279 g/mol. The van der Waals surface area contributed by atoms with Gasteiger partial charge in [0.05, 0.1) is 6.54 Å². The lowest BCUT2D eigenvalue weighted by atomic mass is 9.96. The predicted octanol–water partition coefficient (Wildman–Crippen LogP) is 2.10. The molecule has 1 atom stereocenters. The van der Waals surface area contributed by atoms with E-state index in [1.54, 1.807) is 18.2 Å². The topological polar surface area (TPSA) is 70.6 Å². The van der Waals surface area contributed by atoms with E-state index in [9.17, 15) is 9.50 Å². The van der Waals surface area contributed by atoms with Gasteiger partial charge in [0.15, 0.2) is 5.96 Å². The number of guanidine groups is 1. The Hall–Kier alpha value is -1.62. The summed E-state index contributed by atoms with van der Waals surface area (Å²) in [5, 5.41) is 13.1. The number of rotatable bonds is 4. The number of nitrogens with two attached hydrogens (primary N) is 1. The summed E-state index contributed by atoms with van der Waals surface area (Å²) >= 11 is 0. The van der Waals surface area contributed by atoms with Crippen LogP contribution in [0.1, 0.15) is 43.8 Å². The van der Waals surface area contributed by atoms with Crippen molar-refractivity contribution in [3.8, 4) is 0 Å². The Balaban J connectivity index is 1.86. The van der Waals surface area contributed by atoms with Gasteiger partial charge in [-0.15, -0.1) is 0 Å². The van der Waals surface area contributed by atoms with Crippen molar-refractivity contribution in [2.45, 2.75) is 44.2 Å².